The molecule has 1 aliphatic rings. The van der Waals surface area contributed by atoms with Gasteiger partial charge in [-0.1, -0.05) is 19.8 Å². The Morgan fingerprint density at radius 2 is 2.11 bits per heavy atom. The zero-order valence-electron chi connectivity index (χ0n) is 11.2. The van der Waals surface area contributed by atoms with Crippen molar-refractivity contribution in [2.24, 2.45) is 17.7 Å². The number of hydrazine groups is 1. The van der Waals surface area contributed by atoms with Crippen LogP contribution in [0.15, 0.2) is 6.33 Å². The second-order valence-electron chi connectivity index (χ2n) is 5.36. The van der Waals surface area contributed by atoms with Gasteiger partial charge >= 0.3 is 0 Å². The van der Waals surface area contributed by atoms with Gasteiger partial charge in [0.05, 0.1) is 0 Å². The molecule has 1 aliphatic carbocycles. The maximum Gasteiger partial charge on any atom is 0.148 e. The van der Waals surface area contributed by atoms with Crippen LogP contribution in [-0.4, -0.2) is 16.5 Å². The summed E-state index contributed by atoms with van der Waals surface area (Å²) < 4.78 is 0. The van der Waals surface area contributed by atoms with Crippen molar-refractivity contribution in [2.75, 3.05) is 17.3 Å². The predicted octanol–water partition coefficient (Wildman–Crippen LogP) is 2.31. The smallest absolute Gasteiger partial charge is 0.148 e. The van der Waals surface area contributed by atoms with Crippen molar-refractivity contribution in [1.82, 2.24) is 9.97 Å². The highest BCUT2D eigenvalue weighted by Gasteiger charge is 2.19. The number of anilines is 2. The van der Waals surface area contributed by atoms with Gasteiger partial charge in [0.1, 0.15) is 18.0 Å². The van der Waals surface area contributed by atoms with Gasteiger partial charge in [0.15, 0.2) is 0 Å². The lowest BCUT2D eigenvalue weighted by Crippen LogP contribution is -2.22. The molecule has 0 amide bonds. The number of hydrogen-bond acceptors (Lipinski definition) is 5. The molecule has 2 atom stereocenters. The highest BCUT2D eigenvalue weighted by molar-refractivity contribution is 5.55. The second kappa shape index (κ2) is 6.00. The lowest BCUT2D eigenvalue weighted by molar-refractivity contribution is 0.293. The Kier molecular flexibility index (Phi) is 4.36. The predicted molar refractivity (Wildman–Crippen MR) is 74.2 cm³/mol. The first-order valence-corrected chi connectivity index (χ1v) is 6.72. The number of hydrogen-bond donors (Lipinski definition) is 3. The molecule has 1 aromatic heterocycles. The number of nitrogen functional groups attached to an aromatic ring is 1. The molecule has 0 saturated heterocycles. The lowest BCUT2D eigenvalue weighted by atomic mass is 9.82. The largest absolute Gasteiger partial charge is 0.369 e. The minimum atomic E-state index is 0.685. The fraction of sp³-hybridized carbons (Fsp3) is 0.692. The second-order valence-corrected chi connectivity index (χ2v) is 5.36. The standard InChI is InChI=1S/C13H23N5/c1-9-4-3-5-11(6-9)7-15-12-10(2)13(18-14)17-8-16-12/h8-9,11H,3-7,14H2,1-2H3,(H2,15,16,17,18). The summed E-state index contributed by atoms with van der Waals surface area (Å²) in [6.07, 6.45) is 6.91. The first-order valence-electron chi connectivity index (χ1n) is 6.72. The maximum absolute atomic E-state index is 5.41. The monoisotopic (exact) mass is 249 g/mol. The third-order valence-corrected chi connectivity index (χ3v) is 3.82. The van der Waals surface area contributed by atoms with Gasteiger partial charge in [-0.05, 0) is 31.6 Å². The van der Waals surface area contributed by atoms with Gasteiger partial charge in [0, 0.05) is 12.1 Å². The van der Waals surface area contributed by atoms with E-state index in [1.54, 1.807) is 0 Å². The highest BCUT2D eigenvalue weighted by Crippen LogP contribution is 2.29. The van der Waals surface area contributed by atoms with Crippen molar-refractivity contribution in [2.45, 2.75) is 39.5 Å². The highest BCUT2D eigenvalue weighted by atomic mass is 15.3. The summed E-state index contributed by atoms with van der Waals surface area (Å²) in [6, 6.07) is 0. The topological polar surface area (TPSA) is 75.9 Å². The molecule has 1 heterocycles. The molecule has 0 aromatic carbocycles. The van der Waals surface area contributed by atoms with E-state index in [1.165, 1.54) is 32.0 Å². The molecule has 5 heteroatoms. The van der Waals surface area contributed by atoms with Gasteiger partial charge in [-0.25, -0.2) is 15.8 Å². The average molecular weight is 249 g/mol. The van der Waals surface area contributed by atoms with Gasteiger partial charge in [-0.15, -0.1) is 0 Å². The van der Waals surface area contributed by atoms with Crippen molar-refractivity contribution in [3.05, 3.63) is 11.9 Å². The lowest BCUT2D eigenvalue weighted by Gasteiger charge is -2.27. The molecule has 2 rings (SSSR count). The van der Waals surface area contributed by atoms with Crippen LogP contribution in [0.5, 0.6) is 0 Å². The van der Waals surface area contributed by atoms with Crippen molar-refractivity contribution in [1.29, 1.82) is 0 Å². The summed E-state index contributed by atoms with van der Waals surface area (Å²) >= 11 is 0. The molecule has 0 bridgehead atoms. The number of rotatable bonds is 4. The van der Waals surface area contributed by atoms with E-state index in [0.717, 1.165) is 29.8 Å². The molecule has 1 saturated carbocycles. The molecule has 18 heavy (non-hydrogen) atoms. The third kappa shape index (κ3) is 3.10. The van der Waals surface area contributed by atoms with Crippen LogP contribution in [0.2, 0.25) is 0 Å². The summed E-state index contributed by atoms with van der Waals surface area (Å²) in [6.45, 7) is 5.31. The van der Waals surface area contributed by atoms with E-state index in [-0.39, 0.29) is 0 Å². The number of nitrogens with zero attached hydrogens (tertiary/aromatic N) is 2. The molecule has 1 fully saturated rings. The van der Waals surface area contributed by atoms with E-state index in [4.69, 9.17) is 5.84 Å². The average Bonchev–Trinajstić information content (AvgIpc) is 2.38. The molecule has 0 radical (unpaired) electrons. The zero-order valence-corrected chi connectivity index (χ0v) is 11.2. The Balaban J connectivity index is 1.93. The van der Waals surface area contributed by atoms with Crippen molar-refractivity contribution >= 4 is 11.6 Å². The van der Waals surface area contributed by atoms with Gasteiger partial charge in [-0.3, -0.25) is 0 Å². The van der Waals surface area contributed by atoms with Crippen LogP contribution in [0.4, 0.5) is 11.6 Å². The third-order valence-electron chi connectivity index (χ3n) is 3.82. The van der Waals surface area contributed by atoms with E-state index in [0.29, 0.717) is 5.82 Å². The molecular weight excluding hydrogens is 226 g/mol. The molecule has 4 N–H and O–H groups in total. The van der Waals surface area contributed by atoms with Gasteiger partial charge in [0.25, 0.3) is 0 Å². The summed E-state index contributed by atoms with van der Waals surface area (Å²) in [5, 5.41) is 3.43. The summed E-state index contributed by atoms with van der Waals surface area (Å²) in [7, 11) is 0. The fourth-order valence-electron chi connectivity index (χ4n) is 2.76. The minimum absolute atomic E-state index is 0.685. The van der Waals surface area contributed by atoms with Gasteiger partial charge in [-0.2, -0.15) is 0 Å². The van der Waals surface area contributed by atoms with Crippen LogP contribution < -0.4 is 16.6 Å². The molecule has 0 spiro atoms. The Morgan fingerprint density at radius 1 is 1.33 bits per heavy atom. The quantitative estimate of drug-likeness (QED) is 0.564. The van der Waals surface area contributed by atoms with Crippen LogP contribution in [0.3, 0.4) is 0 Å². The summed E-state index contributed by atoms with van der Waals surface area (Å²) in [5.41, 5.74) is 3.57. The molecular formula is C13H23N5. The van der Waals surface area contributed by atoms with Crippen LogP contribution in [0.1, 0.15) is 38.2 Å². The van der Waals surface area contributed by atoms with E-state index in [2.05, 4.69) is 27.6 Å². The number of nitrogens with two attached hydrogens (primary N) is 1. The SMILES string of the molecule is Cc1c(NN)ncnc1NCC1CCCC(C)C1. The van der Waals surface area contributed by atoms with Crippen molar-refractivity contribution in [3.63, 3.8) is 0 Å². The van der Waals surface area contributed by atoms with Crippen LogP contribution in [0.25, 0.3) is 0 Å². The Bertz CT molecular complexity index is 393. The Morgan fingerprint density at radius 3 is 2.83 bits per heavy atom. The fourth-order valence-corrected chi connectivity index (χ4v) is 2.76. The number of nitrogens with one attached hydrogen (secondary N) is 2. The van der Waals surface area contributed by atoms with Gasteiger partial charge < -0.3 is 10.7 Å². The molecule has 0 aliphatic heterocycles. The van der Waals surface area contributed by atoms with Crippen LogP contribution in [-0.2, 0) is 0 Å². The minimum Gasteiger partial charge on any atom is -0.369 e. The molecule has 100 valence electrons. The number of aromatic nitrogens is 2. The van der Waals surface area contributed by atoms with E-state index >= 15 is 0 Å². The van der Waals surface area contributed by atoms with Crippen LogP contribution in [0, 0.1) is 18.8 Å². The van der Waals surface area contributed by atoms with E-state index in [1.807, 2.05) is 6.92 Å². The van der Waals surface area contributed by atoms with Crippen molar-refractivity contribution in [3.8, 4) is 0 Å². The normalized spacial score (nSPS) is 23.7. The van der Waals surface area contributed by atoms with Crippen LogP contribution >= 0.6 is 0 Å². The Hall–Kier alpha value is -1.36. The Labute approximate surface area is 109 Å². The summed E-state index contributed by atoms with van der Waals surface area (Å²) in [5.74, 6) is 8.60. The molecule has 5 nitrogen and oxygen atoms in total. The van der Waals surface area contributed by atoms with Crippen molar-refractivity contribution < 1.29 is 0 Å². The zero-order chi connectivity index (χ0) is 13.0. The molecule has 2 unspecified atom stereocenters. The van der Waals surface area contributed by atoms with E-state index in [9.17, 15) is 0 Å². The van der Waals surface area contributed by atoms with E-state index < -0.39 is 0 Å². The van der Waals surface area contributed by atoms with Gasteiger partial charge in [0.2, 0.25) is 0 Å². The molecule has 1 aromatic rings. The first-order chi connectivity index (χ1) is 8.70. The maximum atomic E-state index is 5.41. The summed E-state index contributed by atoms with van der Waals surface area (Å²) in [4.78, 5) is 8.35. The first kappa shape index (κ1) is 13.1.